The summed E-state index contributed by atoms with van der Waals surface area (Å²) >= 11 is 0. The molecule has 1 saturated heterocycles. The Kier molecular flexibility index (Phi) is 5.57. The van der Waals surface area contributed by atoms with E-state index < -0.39 is 0 Å². The molecular formula is C28H26N2O. The summed E-state index contributed by atoms with van der Waals surface area (Å²) in [4.78, 5) is 4.95. The summed E-state index contributed by atoms with van der Waals surface area (Å²) in [6, 6.07) is 40.2. The van der Waals surface area contributed by atoms with Crippen LogP contribution in [0.25, 0.3) is 0 Å². The van der Waals surface area contributed by atoms with Crippen molar-refractivity contribution in [3.63, 3.8) is 0 Å². The van der Waals surface area contributed by atoms with Gasteiger partial charge in [0.05, 0.1) is 0 Å². The van der Waals surface area contributed by atoms with Gasteiger partial charge in [0, 0.05) is 24.5 Å². The number of rotatable bonds is 6. The van der Waals surface area contributed by atoms with Crippen LogP contribution in [-0.2, 0) is 6.61 Å². The largest absolute Gasteiger partial charge is 0.489 e. The first-order valence-electron chi connectivity index (χ1n) is 10.8. The zero-order valence-corrected chi connectivity index (χ0v) is 17.5. The zero-order valence-electron chi connectivity index (χ0n) is 17.5. The first-order valence-corrected chi connectivity index (χ1v) is 10.8. The van der Waals surface area contributed by atoms with Crippen LogP contribution in [0, 0.1) is 0 Å². The lowest BCUT2D eigenvalue weighted by Gasteiger charge is -2.33. The van der Waals surface area contributed by atoms with Crippen molar-refractivity contribution in [1.82, 2.24) is 0 Å². The quantitative estimate of drug-likeness (QED) is 0.374. The summed E-state index contributed by atoms with van der Waals surface area (Å²) in [5.41, 5.74) is 4.88. The number of hydrogen-bond donors (Lipinski definition) is 0. The van der Waals surface area contributed by atoms with Crippen molar-refractivity contribution >= 4 is 11.4 Å². The first kappa shape index (κ1) is 19.3. The number of anilines is 2. The summed E-state index contributed by atoms with van der Waals surface area (Å²) in [6.07, 6.45) is 0.116. The Morgan fingerprint density at radius 2 is 1.16 bits per heavy atom. The van der Waals surface area contributed by atoms with Gasteiger partial charge in [-0.1, -0.05) is 78.9 Å². The molecule has 3 nitrogen and oxygen atoms in total. The fraction of sp³-hybridized carbons (Fsp3) is 0.143. The lowest BCUT2D eigenvalue weighted by atomic mass is 10.1. The Balaban J connectivity index is 1.46. The van der Waals surface area contributed by atoms with E-state index in [1.165, 1.54) is 22.5 Å². The fourth-order valence-electron chi connectivity index (χ4n) is 4.27. The monoisotopic (exact) mass is 406 g/mol. The second-order valence-corrected chi connectivity index (χ2v) is 7.78. The second kappa shape index (κ2) is 8.97. The van der Waals surface area contributed by atoms with Crippen molar-refractivity contribution in [3.8, 4) is 5.75 Å². The molecule has 31 heavy (non-hydrogen) atoms. The van der Waals surface area contributed by atoms with E-state index in [-0.39, 0.29) is 6.17 Å². The second-order valence-electron chi connectivity index (χ2n) is 7.78. The molecule has 0 aromatic heterocycles. The van der Waals surface area contributed by atoms with Crippen molar-refractivity contribution in [2.45, 2.75) is 12.8 Å². The smallest absolute Gasteiger partial charge is 0.128 e. The molecule has 5 rings (SSSR count). The molecule has 1 aliphatic rings. The van der Waals surface area contributed by atoms with Gasteiger partial charge in [-0.05, 0) is 47.5 Å². The number of benzene rings is 4. The van der Waals surface area contributed by atoms with Gasteiger partial charge in [0.1, 0.15) is 18.5 Å². The van der Waals surface area contributed by atoms with Crippen LogP contribution in [0.1, 0.15) is 17.3 Å². The van der Waals surface area contributed by atoms with Crippen LogP contribution in [-0.4, -0.2) is 13.1 Å². The molecule has 0 bridgehead atoms. The molecule has 154 valence electrons. The number of ether oxygens (including phenoxy) is 1. The van der Waals surface area contributed by atoms with Crippen molar-refractivity contribution in [1.29, 1.82) is 0 Å². The summed E-state index contributed by atoms with van der Waals surface area (Å²) in [5.74, 6) is 0.897. The topological polar surface area (TPSA) is 15.7 Å². The van der Waals surface area contributed by atoms with E-state index in [2.05, 4.69) is 101 Å². The molecule has 1 fully saturated rings. The van der Waals surface area contributed by atoms with Crippen LogP contribution in [0.2, 0.25) is 0 Å². The van der Waals surface area contributed by atoms with Crippen LogP contribution < -0.4 is 14.5 Å². The molecule has 0 aliphatic carbocycles. The minimum atomic E-state index is 0.116. The molecule has 4 aromatic carbocycles. The van der Waals surface area contributed by atoms with E-state index in [1.807, 2.05) is 24.3 Å². The van der Waals surface area contributed by atoms with Crippen LogP contribution in [0.5, 0.6) is 5.75 Å². The molecule has 1 aliphatic heterocycles. The van der Waals surface area contributed by atoms with Gasteiger partial charge in [-0.25, -0.2) is 0 Å². The van der Waals surface area contributed by atoms with E-state index in [4.69, 9.17) is 4.74 Å². The Hall–Kier alpha value is -3.72. The third kappa shape index (κ3) is 4.26. The Morgan fingerprint density at radius 1 is 0.613 bits per heavy atom. The molecule has 0 unspecified atom stereocenters. The molecule has 0 spiro atoms. The van der Waals surface area contributed by atoms with Crippen molar-refractivity contribution in [2.75, 3.05) is 22.9 Å². The van der Waals surface area contributed by atoms with Crippen LogP contribution in [0.15, 0.2) is 115 Å². The molecule has 0 N–H and O–H groups in total. The fourth-order valence-corrected chi connectivity index (χ4v) is 4.27. The third-order valence-corrected chi connectivity index (χ3v) is 5.75. The van der Waals surface area contributed by atoms with Gasteiger partial charge in [0.15, 0.2) is 0 Å². The normalized spacial score (nSPS) is 14.1. The molecular weight excluding hydrogens is 380 g/mol. The predicted octanol–water partition coefficient (Wildman–Crippen LogP) is 6.29. The number of nitrogens with zero attached hydrogens (tertiary/aromatic N) is 2. The Bertz CT molecular complexity index is 1050. The van der Waals surface area contributed by atoms with Gasteiger partial charge >= 0.3 is 0 Å². The molecule has 4 aromatic rings. The van der Waals surface area contributed by atoms with E-state index in [0.29, 0.717) is 6.61 Å². The standard InChI is InChI=1S/C28H26N2O/c1-4-11-23(12-5-1)22-31-27-18-10-13-24(21-27)28-29(25-14-6-2-7-15-25)19-20-30(28)26-16-8-3-9-17-26/h1-18,21,28H,19-20,22H2. The lowest BCUT2D eigenvalue weighted by Crippen LogP contribution is -2.30. The maximum Gasteiger partial charge on any atom is 0.128 e. The Labute approximate surface area is 184 Å². The molecule has 1 heterocycles. The SMILES string of the molecule is c1ccc(COc2cccc(C3N(c4ccccc4)CCN3c3ccccc3)c2)cc1. The Morgan fingerprint density at radius 3 is 1.74 bits per heavy atom. The maximum atomic E-state index is 6.14. The molecule has 0 amide bonds. The van der Waals surface area contributed by atoms with E-state index in [1.54, 1.807) is 0 Å². The summed E-state index contributed by atoms with van der Waals surface area (Å²) in [5, 5.41) is 0. The first-order chi connectivity index (χ1) is 15.4. The van der Waals surface area contributed by atoms with Crippen molar-refractivity contribution in [3.05, 3.63) is 126 Å². The van der Waals surface area contributed by atoms with Gasteiger partial charge in [-0.15, -0.1) is 0 Å². The van der Waals surface area contributed by atoms with Gasteiger partial charge in [0.2, 0.25) is 0 Å². The van der Waals surface area contributed by atoms with Crippen LogP contribution >= 0.6 is 0 Å². The van der Waals surface area contributed by atoms with E-state index in [9.17, 15) is 0 Å². The highest BCUT2D eigenvalue weighted by molar-refractivity contribution is 5.59. The summed E-state index contributed by atoms with van der Waals surface area (Å²) in [7, 11) is 0. The van der Waals surface area contributed by atoms with Gasteiger partial charge in [0.25, 0.3) is 0 Å². The van der Waals surface area contributed by atoms with Crippen molar-refractivity contribution in [2.24, 2.45) is 0 Å². The van der Waals surface area contributed by atoms with Gasteiger partial charge < -0.3 is 14.5 Å². The summed E-state index contributed by atoms with van der Waals surface area (Å²) in [6.45, 7) is 2.51. The average Bonchev–Trinajstić information content (AvgIpc) is 3.30. The van der Waals surface area contributed by atoms with Crippen molar-refractivity contribution < 1.29 is 4.74 Å². The lowest BCUT2D eigenvalue weighted by molar-refractivity contribution is 0.305. The summed E-state index contributed by atoms with van der Waals surface area (Å²) < 4.78 is 6.14. The van der Waals surface area contributed by atoms with E-state index >= 15 is 0 Å². The minimum absolute atomic E-state index is 0.116. The maximum absolute atomic E-state index is 6.14. The highest BCUT2D eigenvalue weighted by Gasteiger charge is 2.33. The van der Waals surface area contributed by atoms with Crippen LogP contribution in [0.4, 0.5) is 11.4 Å². The molecule has 0 saturated carbocycles. The number of hydrogen-bond acceptors (Lipinski definition) is 3. The third-order valence-electron chi connectivity index (χ3n) is 5.75. The van der Waals surface area contributed by atoms with E-state index in [0.717, 1.165) is 18.8 Å². The average molecular weight is 407 g/mol. The molecule has 0 atom stereocenters. The van der Waals surface area contributed by atoms with Crippen LogP contribution in [0.3, 0.4) is 0 Å². The molecule has 0 radical (unpaired) electrons. The zero-order chi connectivity index (χ0) is 20.9. The van der Waals surface area contributed by atoms with Gasteiger partial charge in [-0.2, -0.15) is 0 Å². The highest BCUT2D eigenvalue weighted by Crippen LogP contribution is 2.38. The number of para-hydroxylation sites is 2. The minimum Gasteiger partial charge on any atom is -0.489 e. The van der Waals surface area contributed by atoms with Gasteiger partial charge in [-0.3, -0.25) is 0 Å². The predicted molar refractivity (Wildman–Crippen MR) is 128 cm³/mol. The highest BCUT2D eigenvalue weighted by atomic mass is 16.5. The molecule has 3 heteroatoms.